The van der Waals surface area contributed by atoms with Crippen LogP contribution in [0.5, 0.6) is 0 Å². The lowest BCUT2D eigenvalue weighted by atomic mass is 9.95. The summed E-state index contributed by atoms with van der Waals surface area (Å²) in [7, 11) is 0. The second-order valence-electron chi connectivity index (χ2n) is 6.51. The van der Waals surface area contributed by atoms with Crippen molar-refractivity contribution in [2.75, 3.05) is 13.1 Å². The third kappa shape index (κ3) is 3.06. The van der Waals surface area contributed by atoms with E-state index in [-0.39, 0.29) is 5.91 Å². The summed E-state index contributed by atoms with van der Waals surface area (Å²) < 4.78 is 3.06. The average molecular weight is 399 g/mol. The van der Waals surface area contributed by atoms with Gasteiger partial charge in [-0.3, -0.25) is 9.20 Å². The fraction of sp³-hybridized carbons (Fsp3) is 0.316. The van der Waals surface area contributed by atoms with Gasteiger partial charge >= 0.3 is 0 Å². The van der Waals surface area contributed by atoms with E-state index in [1.165, 1.54) is 0 Å². The smallest absolute Gasteiger partial charge is 0.254 e. The number of aryl methyl sites for hydroxylation is 1. The van der Waals surface area contributed by atoms with Crippen LogP contribution >= 0.6 is 15.9 Å². The Morgan fingerprint density at radius 3 is 2.72 bits per heavy atom. The first-order chi connectivity index (χ1) is 12.1. The molecule has 0 radical (unpaired) electrons. The maximum absolute atomic E-state index is 12.8. The number of likely N-dealkylation sites (tertiary alicyclic amines) is 1. The fourth-order valence-electron chi connectivity index (χ4n) is 3.52. The molecule has 5 nitrogen and oxygen atoms in total. The molecule has 25 heavy (non-hydrogen) atoms. The molecule has 128 valence electrons. The van der Waals surface area contributed by atoms with E-state index in [0.717, 1.165) is 53.0 Å². The molecule has 1 fully saturated rings. The predicted octanol–water partition coefficient (Wildman–Crippen LogP) is 3.82. The number of piperidine rings is 1. The van der Waals surface area contributed by atoms with Crippen LogP contribution < -0.4 is 0 Å². The number of benzene rings is 1. The van der Waals surface area contributed by atoms with Gasteiger partial charge in [-0.2, -0.15) is 0 Å². The van der Waals surface area contributed by atoms with Crippen LogP contribution in [0.1, 0.15) is 40.5 Å². The van der Waals surface area contributed by atoms with Gasteiger partial charge in [-0.15, -0.1) is 10.2 Å². The van der Waals surface area contributed by atoms with E-state index in [1.54, 1.807) is 0 Å². The van der Waals surface area contributed by atoms with Gasteiger partial charge < -0.3 is 4.90 Å². The van der Waals surface area contributed by atoms with Crippen LogP contribution in [-0.4, -0.2) is 38.5 Å². The van der Waals surface area contributed by atoms with Crippen LogP contribution in [0.3, 0.4) is 0 Å². The number of fused-ring (bicyclic) bond motifs is 1. The highest BCUT2D eigenvalue weighted by atomic mass is 79.9. The van der Waals surface area contributed by atoms with Crippen molar-refractivity contribution in [2.24, 2.45) is 0 Å². The minimum atomic E-state index is 0.120. The molecule has 6 heteroatoms. The molecule has 1 amide bonds. The minimum Gasteiger partial charge on any atom is -0.339 e. The topological polar surface area (TPSA) is 50.5 Å². The van der Waals surface area contributed by atoms with Gasteiger partial charge in [-0.25, -0.2) is 0 Å². The highest BCUT2D eigenvalue weighted by Crippen LogP contribution is 2.28. The molecule has 0 aliphatic carbocycles. The Hall–Kier alpha value is -2.21. The molecule has 2 aromatic heterocycles. The van der Waals surface area contributed by atoms with Gasteiger partial charge in [0, 0.05) is 35.2 Å². The molecule has 1 aliphatic rings. The highest BCUT2D eigenvalue weighted by Gasteiger charge is 2.27. The van der Waals surface area contributed by atoms with Crippen molar-refractivity contribution in [3.8, 4) is 0 Å². The third-order valence-electron chi connectivity index (χ3n) is 4.91. The molecule has 0 atom stereocenters. The van der Waals surface area contributed by atoms with Crippen LogP contribution in [0.15, 0.2) is 47.1 Å². The maximum Gasteiger partial charge on any atom is 0.254 e. The number of hydrogen-bond donors (Lipinski definition) is 0. The number of aromatic nitrogens is 3. The molecule has 4 rings (SSSR count). The number of rotatable bonds is 2. The van der Waals surface area contributed by atoms with E-state index in [9.17, 15) is 4.79 Å². The number of nitrogens with zero attached hydrogens (tertiary/aromatic N) is 4. The maximum atomic E-state index is 12.8. The molecular weight excluding hydrogens is 380 g/mol. The van der Waals surface area contributed by atoms with Crippen LogP contribution in [0.25, 0.3) is 5.65 Å². The van der Waals surface area contributed by atoms with Crippen molar-refractivity contribution in [2.45, 2.75) is 25.7 Å². The summed E-state index contributed by atoms with van der Waals surface area (Å²) in [6.45, 7) is 3.48. The standard InChI is InChI=1S/C19H19BrN4O/c1-13-12-15(20)5-6-16(13)19(25)23-10-7-14(8-11-23)18-22-21-17-4-2-3-9-24(17)18/h2-6,9,12,14H,7-8,10-11H2,1H3. The molecule has 1 aliphatic heterocycles. The first kappa shape index (κ1) is 16.3. The fourth-order valence-corrected chi connectivity index (χ4v) is 3.99. The Balaban J connectivity index is 1.49. The number of pyridine rings is 1. The monoisotopic (exact) mass is 398 g/mol. The van der Waals surface area contributed by atoms with E-state index < -0.39 is 0 Å². The van der Waals surface area contributed by atoms with Gasteiger partial charge in [0.15, 0.2) is 5.65 Å². The number of carbonyl (C=O) groups is 1. The second-order valence-corrected chi connectivity index (χ2v) is 7.43. The lowest BCUT2D eigenvalue weighted by molar-refractivity contribution is 0.0710. The number of hydrogen-bond acceptors (Lipinski definition) is 3. The van der Waals surface area contributed by atoms with Gasteiger partial charge in [0.1, 0.15) is 5.82 Å². The molecule has 0 N–H and O–H groups in total. The molecule has 0 saturated carbocycles. The first-order valence-electron chi connectivity index (χ1n) is 8.48. The van der Waals surface area contributed by atoms with Crippen molar-refractivity contribution in [3.05, 3.63) is 64.0 Å². The molecular formula is C19H19BrN4O. The Morgan fingerprint density at radius 2 is 1.96 bits per heavy atom. The molecule has 3 heterocycles. The van der Waals surface area contributed by atoms with Crippen molar-refractivity contribution >= 4 is 27.5 Å². The Bertz CT molecular complexity index is 928. The number of carbonyl (C=O) groups excluding carboxylic acids is 1. The van der Waals surface area contributed by atoms with Gasteiger partial charge in [-0.1, -0.05) is 22.0 Å². The average Bonchev–Trinajstić information content (AvgIpc) is 3.05. The summed E-state index contributed by atoms with van der Waals surface area (Å²) >= 11 is 3.45. The quantitative estimate of drug-likeness (QED) is 0.659. The lowest BCUT2D eigenvalue weighted by Gasteiger charge is -2.31. The van der Waals surface area contributed by atoms with Crippen LogP contribution in [0, 0.1) is 6.92 Å². The van der Waals surface area contributed by atoms with E-state index >= 15 is 0 Å². The molecule has 3 aromatic rings. The Labute approximate surface area is 154 Å². The third-order valence-corrected chi connectivity index (χ3v) is 5.40. The van der Waals surface area contributed by atoms with E-state index in [4.69, 9.17) is 0 Å². The summed E-state index contributed by atoms with van der Waals surface area (Å²) in [6.07, 6.45) is 3.83. The normalized spacial score (nSPS) is 15.7. The molecule has 0 unspecified atom stereocenters. The van der Waals surface area contributed by atoms with Gasteiger partial charge in [0.2, 0.25) is 0 Å². The summed E-state index contributed by atoms with van der Waals surface area (Å²) in [6, 6.07) is 11.7. The zero-order valence-electron chi connectivity index (χ0n) is 14.0. The van der Waals surface area contributed by atoms with Crippen molar-refractivity contribution < 1.29 is 4.79 Å². The highest BCUT2D eigenvalue weighted by molar-refractivity contribution is 9.10. The summed E-state index contributed by atoms with van der Waals surface area (Å²) in [5, 5.41) is 8.62. The van der Waals surface area contributed by atoms with E-state index in [2.05, 4.69) is 30.5 Å². The van der Waals surface area contributed by atoms with Gasteiger partial charge in [0.05, 0.1) is 0 Å². The van der Waals surface area contributed by atoms with Crippen LogP contribution in [-0.2, 0) is 0 Å². The van der Waals surface area contributed by atoms with Crippen molar-refractivity contribution in [1.82, 2.24) is 19.5 Å². The van der Waals surface area contributed by atoms with E-state index in [0.29, 0.717) is 5.92 Å². The molecule has 0 spiro atoms. The molecule has 1 saturated heterocycles. The summed E-state index contributed by atoms with van der Waals surface area (Å²) in [4.78, 5) is 14.8. The predicted molar refractivity (Wildman–Crippen MR) is 99.7 cm³/mol. The van der Waals surface area contributed by atoms with Gasteiger partial charge in [0.25, 0.3) is 5.91 Å². The number of halogens is 1. The second kappa shape index (κ2) is 6.59. The molecule has 1 aromatic carbocycles. The van der Waals surface area contributed by atoms with Gasteiger partial charge in [-0.05, 0) is 55.7 Å². The number of amides is 1. The van der Waals surface area contributed by atoms with Crippen LogP contribution in [0.4, 0.5) is 0 Å². The Kier molecular flexibility index (Phi) is 4.29. The summed E-state index contributed by atoms with van der Waals surface area (Å²) in [5.41, 5.74) is 2.67. The van der Waals surface area contributed by atoms with Crippen molar-refractivity contribution in [3.63, 3.8) is 0 Å². The van der Waals surface area contributed by atoms with Crippen LogP contribution in [0.2, 0.25) is 0 Å². The zero-order valence-corrected chi connectivity index (χ0v) is 15.6. The Morgan fingerprint density at radius 1 is 1.16 bits per heavy atom. The zero-order chi connectivity index (χ0) is 17.4. The largest absolute Gasteiger partial charge is 0.339 e. The van der Waals surface area contributed by atoms with E-state index in [1.807, 2.05) is 54.4 Å². The van der Waals surface area contributed by atoms with Crippen molar-refractivity contribution in [1.29, 1.82) is 0 Å². The summed E-state index contributed by atoms with van der Waals surface area (Å²) in [5.74, 6) is 1.46. The molecule has 0 bridgehead atoms. The lowest BCUT2D eigenvalue weighted by Crippen LogP contribution is -2.38. The minimum absolute atomic E-state index is 0.120. The first-order valence-corrected chi connectivity index (χ1v) is 9.28. The SMILES string of the molecule is Cc1cc(Br)ccc1C(=O)N1CCC(c2nnc3ccccn23)CC1.